The van der Waals surface area contributed by atoms with Crippen LogP contribution >= 0.6 is 7.82 Å². The molecule has 1 atom stereocenters. The van der Waals surface area contributed by atoms with Crippen molar-refractivity contribution in [2.24, 2.45) is 5.41 Å². The van der Waals surface area contributed by atoms with Crippen molar-refractivity contribution in [3.63, 3.8) is 0 Å². The third-order valence-electron chi connectivity index (χ3n) is 3.09. The summed E-state index contributed by atoms with van der Waals surface area (Å²) in [6, 6.07) is 8.65. The zero-order valence-corrected chi connectivity index (χ0v) is 14.2. The van der Waals surface area contributed by atoms with E-state index in [-0.39, 0.29) is 13.2 Å². The minimum absolute atomic E-state index is 0.116. The molecule has 22 heavy (non-hydrogen) atoms. The first-order valence-electron chi connectivity index (χ1n) is 7.10. The average Bonchev–Trinajstić information content (AvgIpc) is 2.46. The molecule has 1 unspecified atom stereocenters. The largest absolute Gasteiger partial charge is 0.475 e. The first kappa shape index (κ1) is 18.8. The van der Waals surface area contributed by atoms with Gasteiger partial charge in [0.2, 0.25) is 0 Å². The zero-order chi connectivity index (χ0) is 16.8. The summed E-state index contributed by atoms with van der Waals surface area (Å²) in [6.45, 7) is 6.42. The third kappa shape index (κ3) is 4.65. The van der Waals surface area contributed by atoms with Crippen LogP contribution < -0.4 is 0 Å². The minimum Gasteiger partial charge on any atom is -0.287 e. The molecule has 1 aromatic carbocycles. The molecule has 0 aromatic heterocycles. The van der Waals surface area contributed by atoms with Gasteiger partial charge in [0.25, 0.3) is 0 Å². The third-order valence-corrected chi connectivity index (χ3v) is 4.71. The van der Waals surface area contributed by atoms with E-state index in [4.69, 9.17) is 13.6 Å². The van der Waals surface area contributed by atoms with Gasteiger partial charge in [0.15, 0.2) is 0 Å². The number of hydrogen-bond acceptors (Lipinski definition) is 5. The highest BCUT2D eigenvalue weighted by atomic mass is 31.2. The predicted molar refractivity (Wildman–Crippen MR) is 80.6 cm³/mol. The highest BCUT2D eigenvalue weighted by Gasteiger charge is 2.45. The summed E-state index contributed by atoms with van der Waals surface area (Å²) in [5.74, 6) is -1.32. The Hall–Kier alpha value is -1.20. The second-order valence-electron chi connectivity index (χ2n) is 5.19. The molecule has 0 heterocycles. The van der Waals surface area contributed by atoms with Crippen LogP contribution in [0.3, 0.4) is 0 Å². The van der Waals surface area contributed by atoms with Gasteiger partial charge in [-0.25, -0.2) is 14.5 Å². The first-order valence-corrected chi connectivity index (χ1v) is 8.56. The van der Waals surface area contributed by atoms with E-state index in [1.165, 1.54) is 13.8 Å². The predicted octanol–water partition coefficient (Wildman–Crippen LogP) is 3.91. The molecule has 0 bridgehead atoms. The van der Waals surface area contributed by atoms with E-state index in [1.54, 1.807) is 44.2 Å². The number of phosphoric ester groups is 1. The summed E-state index contributed by atoms with van der Waals surface area (Å²) >= 11 is 0. The Balaban J connectivity index is 3.22. The van der Waals surface area contributed by atoms with E-state index in [1.807, 2.05) is 0 Å². The van der Waals surface area contributed by atoms with Gasteiger partial charge in [-0.15, -0.1) is 0 Å². The molecule has 6 nitrogen and oxygen atoms in total. The summed E-state index contributed by atoms with van der Waals surface area (Å²) in [5.41, 5.74) is -0.873. The molecule has 0 saturated carbocycles. The smallest absolute Gasteiger partial charge is 0.287 e. The molecule has 1 rings (SSSR count). The highest BCUT2D eigenvalue weighted by molar-refractivity contribution is 7.48. The fourth-order valence-corrected chi connectivity index (χ4v) is 3.36. The SMILES string of the molecule is CCOP(=O)(OCC)OC(c1ccccc1)C(C)(C)C([O])=O. The number of rotatable bonds is 9. The van der Waals surface area contributed by atoms with Gasteiger partial charge in [-0.2, -0.15) is 0 Å². The Bertz CT molecular complexity index is 518. The van der Waals surface area contributed by atoms with Crippen LogP contribution in [0.1, 0.15) is 39.4 Å². The van der Waals surface area contributed by atoms with E-state index in [9.17, 15) is 14.5 Å². The fourth-order valence-electron chi connectivity index (χ4n) is 1.89. The number of benzene rings is 1. The average molecular weight is 329 g/mol. The first-order chi connectivity index (χ1) is 10.3. The Labute approximate surface area is 131 Å². The summed E-state index contributed by atoms with van der Waals surface area (Å²) in [5, 5.41) is 11.5. The van der Waals surface area contributed by atoms with E-state index in [2.05, 4.69) is 0 Å². The van der Waals surface area contributed by atoms with Crippen molar-refractivity contribution in [1.29, 1.82) is 0 Å². The molecule has 1 radical (unpaired) electrons. The van der Waals surface area contributed by atoms with Crippen LogP contribution in [-0.2, 0) is 28.0 Å². The van der Waals surface area contributed by atoms with Gasteiger partial charge in [0, 0.05) is 0 Å². The molecule has 7 heteroatoms. The van der Waals surface area contributed by atoms with Crippen LogP contribution in [0.15, 0.2) is 30.3 Å². The number of carbonyl (C=O) groups excluding carboxylic acids is 1. The van der Waals surface area contributed by atoms with Crippen molar-refractivity contribution in [2.45, 2.75) is 33.8 Å². The topological polar surface area (TPSA) is 81.7 Å². The van der Waals surface area contributed by atoms with Gasteiger partial charge in [0.05, 0.1) is 18.6 Å². The van der Waals surface area contributed by atoms with E-state index >= 15 is 0 Å². The van der Waals surface area contributed by atoms with Crippen molar-refractivity contribution < 1.29 is 28.0 Å². The van der Waals surface area contributed by atoms with Crippen LogP contribution in [0.25, 0.3) is 0 Å². The molecule has 1 aromatic rings. The van der Waals surface area contributed by atoms with E-state index < -0.39 is 25.3 Å². The lowest BCUT2D eigenvalue weighted by atomic mass is 9.83. The highest BCUT2D eigenvalue weighted by Crippen LogP contribution is 2.56. The molecular formula is C15H22O6P. The Kier molecular flexibility index (Phi) is 6.75. The Morgan fingerprint density at radius 2 is 1.64 bits per heavy atom. The molecule has 123 valence electrons. The van der Waals surface area contributed by atoms with Gasteiger partial charge < -0.3 is 0 Å². The Morgan fingerprint density at radius 3 is 2.05 bits per heavy atom. The second kappa shape index (κ2) is 7.88. The standard InChI is InChI=1S/C15H22O6P/c1-5-19-22(18,20-6-2)21-13(15(3,4)14(16)17)12-10-8-7-9-11-12/h7-11,13H,5-6H2,1-4H3. The molecule has 0 N–H and O–H groups in total. The van der Waals surface area contributed by atoms with Crippen molar-refractivity contribution in [2.75, 3.05) is 13.2 Å². The van der Waals surface area contributed by atoms with E-state index in [0.717, 1.165) is 0 Å². The zero-order valence-electron chi connectivity index (χ0n) is 13.3. The maximum absolute atomic E-state index is 12.6. The maximum Gasteiger partial charge on any atom is 0.475 e. The normalized spacial score (nSPS) is 13.8. The second-order valence-corrected chi connectivity index (χ2v) is 6.81. The molecule has 0 amide bonds. The molecule has 0 fully saturated rings. The Morgan fingerprint density at radius 1 is 1.14 bits per heavy atom. The van der Waals surface area contributed by atoms with E-state index in [0.29, 0.717) is 5.56 Å². The van der Waals surface area contributed by atoms with Gasteiger partial charge in [-0.1, -0.05) is 30.3 Å². The van der Waals surface area contributed by atoms with Crippen LogP contribution in [-0.4, -0.2) is 19.2 Å². The number of phosphoric acid groups is 1. The number of carbonyl (C=O) groups is 1. The minimum atomic E-state index is -3.87. The molecule has 0 aliphatic heterocycles. The monoisotopic (exact) mass is 329 g/mol. The molecular weight excluding hydrogens is 307 g/mol. The maximum atomic E-state index is 12.6. The lowest BCUT2D eigenvalue weighted by molar-refractivity contribution is -0.160. The van der Waals surface area contributed by atoms with Crippen molar-refractivity contribution in [1.82, 2.24) is 0 Å². The summed E-state index contributed by atoms with van der Waals surface area (Å²) < 4.78 is 28.3. The van der Waals surface area contributed by atoms with Crippen molar-refractivity contribution in [3.8, 4) is 0 Å². The van der Waals surface area contributed by atoms with Crippen LogP contribution in [0.4, 0.5) is 0 Å². The molecule has 0 aliphatic carbocycles. The summed E-state index contributed by atoms with van der Waals surface area (Å²) in [7, 11) is -3.87. The molecule has 0 spiro atoms. The van der Waals surface area contributed by atoms with Gasteiger partial charge in [-0.05, 0) is 33.3 Å². The summed E-state index contributed by atoms with van der Waals surface area (Å²) in [6.07, 6.45) is -1.04. The van der Waals surface area contributed by atoms with Gasteiger partial charge in [0.1, 0.15) is 6.10 Å². The quantitative estimate of drug-likeness (QED) is 0.642. The lowest BCUT2D eigenvalue weighted by Crippen LogP contribution is -2.32. The molecule has 0 aliphatic rings. The van der Waals surface area contributed by atoms with Crippen LogP contribution in [0.2, 0.25) is 0 Å². The summed E-state index contributed by atoms with van der Waals surface area (Å²) in [4.78, 5) is 11.5. The van der Waals surface area contributed by atoms with Crippen LogP contribution in [0, 0.1) is 5.41 Å². The molecule has 0 saturated heterocycles. The van der Waals surface area contributed by atoms with Gasteiger partial charge in [-0.3, -0.25) is 13.6 Å². The van der Waals surface area contributed by atoms with Crippen molar-refractivity contribution >= 4 is 13.8 Å². The van der Waals surface area contributed by atoms with Crippen LogP contribution in [0.5, 0.6) is 0 Å². The lowest BCUT2D eigenvalue weighted by Gasteiger charge is -2.32. The fraction of sp³-hybridized carbons (Fsp3) is 0.533. The number of hydrogen-bond donors (Lipinski definition) is 0. The van der Waals surface area contributed by atoms with Crippen molar-refractivity contribution in [3.05, 3.63) is 35.9 Å². The van der Waals surface area contributed by atoms with Gasteiger partial charge >= 0.3 is 13.8 Å².